The minimum absolute atomic E-state index is 0.0643. The number of carbonyl (C=O) groups excluding carboxylic acids is 1. The van der Waals surface area contributed by atoms with E-state index in [2.05, 4.69) is 34.7 Å². The zero-order valence-corrected chi connectivity index (χ0v) is 15.4. The van der Waals surface area contributed by atoms with Crippen LogP contribution in [0, 0.1) is 0 Å². The molecule has 3 nitrogen and oxygen atoms in total. The molecule has 21 heavy (non-hydrogen) atoms. The molecule has 0 atom stereocenters. The van der Waals surface area contributed by atoms with Gasteiger partial charge in [-0.1, -0.05) is 25.4 Å². The first-order chi connectivity index (χ1) is 10.0. The van der Waals surface area contributed by atoms with Gasteiger partial charge in [0.1, 0.15) is 0 Å². The highest BCUT2D eigenvalue weighted by Gasteiger charge is 2.15. The van der Waals surface area contributed by atoms with E-state index < -0.39 is 0 Å². The average Bonchev–Trinajstić information content (AvgIpc) is 2.50. The molecule has 0 saturated carbocycles. The monoisotopic (exact) mass is 374 g/mol. The lowest BCUT2D eigenvalue weighted by Crippen LogP contribution is -2.34. The van der Waals surface area contributed by atoms with E-state index in [9.17, 15) is 4.79 Å². The zero-order chi connectivity index (χ0) is 15.8. The summed E-state index contributed by atoms with van der Waals surface area (Å²) in [5, 5.41) is 0.621. The molecule has 0 aromatic heterocycles. The maximum Gasteiger partial charge on any atom is 0.253 e. The molecule has 1 rings (SSSR count). The second-order valence-corrected chi connectivity index (χ2v) is 6.16. The van der Waals surface area contributed by atoms with Crippen molar-refractivity contribution in [2.45, 2.75) is 27.2 Å². The minimum Gasteiger partial charge on any atom is -0.339 e. The largest absolute Gasteiger partial charge is 0.339 e. The van der Waals surface area contributed by atoms with Crippen LogP contribution in [0.3, 0.4) is 0 Å². The fourth-order valence-corrected chi connectivity index (χ4v) is 2.74. The van der Waals surface area contributed by atoms with Crippen molar-refractivity contribution in [3.63, 3.8) is 0 Å². The van der Waals surface area contributed by atoms with Crippen molar-refractivity contribution in [1.29, 1.82) is 0 Å². The van der Waals surface area contributed by atoms with Gasteiger partial charge in [-0.25, -0.2) is 0 Å². The third kappa shape index (κ3) is 5.61. The van der Waals surface area contributed by atoms with Crippen LogP contribution in [0.5, 0.6) is 0 Å². The number of hydrogen-bond donors (Lipinski definition) is 0. The van der Waals surface area contributed by atoms with E-state index in [1.165, 1.54) is 0 Å². The first-order valence-corrected chi connectivity index (χ1v) is 8.67. The number of nitrogens with zero attached hydrogens (tertiary/aromatic N) is 2. The summed E-state index contributed by atoms with van der Waals surface area (Å²) in [6, 6.07) is 5.32. The third-order valence-corrected chi connectivity index (χ3v) is 4.85. The summed E-state index contributed by atoms with van der Waals surface area (Å²) < 4.78 is 0.759. The Balaban J connectivity index is 2.62. The van der Waals surface area contributed by atoms with Crippen LogP contribution in [0.4, 0.5) is 0 Å². The van der Waals surface area contributed by atoms with Crippen LogP contribution < -0.4 is 0 Å². The summed E-state index contributed by atoms with van der Waals surface area (Å²) in [7, 11) is 0. The lowest BCUT2D eigenvalue weighted by atomic mass is 10.2. The summed E-state index contributed by atoms with van der Waals surface area (Å²) >= 11 is 9.34. The highest BCUT2D eigenvalue weighted by atomic mass is 79.9. The number of hydrogen-bond acceptors (Lipinski definition) is 2. The van der Waals surface area contributed by atoms with E-state index >= 15 is 0 Å². The van der Waals surface area contributed by atoms with Crippen LogP contribution in [-0.4, -0.2) is 48.4 Å². The average molecular weight is 376 g/mol. The summed E-state index contributed by atoms with van der Waals surface area (Å²) in [6.45, 7) is 11.0. The van der Waals surface area contributed by atoms with Crippen LogP contribution in [0.2, 0.25) is 5.02 Å². The van der Waals surface area contributed by atoms with E-state index in [1.54, 1.807) is 18.2 Å². The standard InChI is InChI=1S/C16H24BrClN2O/c1-4-19(5-2)10-7-11-20(6-3)16(21)13-8-9-15(18)14(17)12-13/h8-9,12H,4-7,10-11H2,1-3H3. The van der Waals surface area contributed by atoms with Crippen LogP contribution >= 0.6 is 27.5 Å². The number of benzene rings is 1. The summed E-state index contributed by atoms with van der Waals surface area (Å²) in [5.41, 5.74) is 0.677. The summed E-state index contributed by atoms with van der Waals surface area (Å²) in [6.07, 6.45) is 0.996. The van der Waals surface area contributed by atoms with Gasteiger partial charge >= 0.3 is 0 Å². The quantitative estimate of drug-likeness (QED) is 0.676. The van der Waals surface area contributed by atoms with E-state index in [4.69, 9.17) is 11.6 Å². The Morgan fingerprint density at radius 2 is 1.81 bits per heavy atom. The number of rotatable bonds is 8. The SMILES string of the molecule is CCN(CC)CCCN(CC)C(=O)c1ccc(Cl)c(Br)c1. The summed E-state index contributed by atoms with van der Waals surface area (Å²) in [4.78, 5) is 16.8. The predicted molar refractivity (Wildman–Crippen MR) is 93.1 cm³/mol. The topological polar surface area (TPSA) is 23.6 Å². The first kappa shape index (κ1) is 18.5. The maximum absolute atomic E-state index is 12.5. The smallest absolute Gasteiger partial charge is 0.253 e. The Labute approximate surface area is 141 Å². The molecule has 0 heterocycles. The highest BCUT2D eigenvalue weighted by molar-refractivity contribution is 9.10. The van der Waals surface area contributed by atoms with Crippen LogP contribution in [0.1, 0.15) is 37.6 Å². The molecule has 0 fully saturated rings. The fourth-order valence-electron chi connectivity index (χ4n) is 2.24. The molecule has 0 saturated heterocycles. The molecule has 1 amide bonds. The van der Waals surface area contributed by atoms with Gasteiger partial charge in [0.15, 0.2) is 0 Å². The molecule has 1 aromatic rings. The second-order valence-electron chi connectivity index (χ2n) is 4.89. The molecular weight excluding hydrogens is 352 g/mol. The minimum atomic E-state index is 0.0643. The van der Waals surface area contributed by atoms with Crippen molar-refractivity contribution in [3.8, 4) is 0 Å². The molecule has 0 N–H and O–H groups in total. The second kappa shape index (κ2) is 9.44. The first-order valence-electron chi connectivity index (χ1n) is 7.50. The van der Waals surface area contributed by atoms with Gasteiger partial charge in [0.05, 0.1) is 5.02 Å². The Hall–Kier alpha value is -0.580. The molecule has 0 unspecified atom stereocenters. The van der Waals surface area contributed by atoms with E-state index in [1.807, 2.05) is 11.8 Å². The Kier molecular flexibility index (Phi) is 8.30. The zero-order valence-electron chi connectivity index (χ0n) is 13.0. The van der Waals surface area contributed by atoms with E-state index in [0.29, 0.717) is 10.6 Å². The van der Waals surface area contributed by atoms with Crippen LogP contribution in [0.15, 0.2) is 22.7 Å². The molecule has 0 radical (unpaired) electrons. The van der Waals surface area contributed by atoms with Crippen LogP contribution in [-0.2, 0) is 0 Å². The molecule has 0 spiro atoms. The normalized spacial score (nSPS) is 11.0. The van der Waals surface area contributed by atoms with E-state index in [-0.39, 0.29) is 5.91 Å². The van der Waals surface area contributed by atoms with Gasteiger partial charge in [-0.2, -0.15) is 0 Å². The van der Waals surface area contributed by atoms with Crippen molar-refractivity contribution >= 4 is 33.4 Å². The Bertz CT molecular complexity index is 464. The molecular formula is C16H24BrClN2O. The number of carbonyl (C=O) groups is 1. The van der Waals surface area contributed by atoms with E-state index in [0.717, 1.165) is 43.6 Å². The van der Waals surface area contributed by atoms with Crippen molar-refractivity contribution in [3.05, 3.63) is 33.3 Å². The molecule has 5 heteroatoms. The lowest BCUT2D eigenvalue weighted by molar-refractivity contribution is 0.0757. The molecule has 0 aliphatic heterocycles. The predicted octanol–water partition coefficient (Wildman–Crippen LogP) is 4.30. The molecule has 0 aliphatic carbocycles. The van der Waals surface area contributed by atoms with Gasteiger partial charge in [0.2, 0.25) is 0 Å². The van der Waals surface area contributed by atoms with Crippen molar-refractivity contribution in [2.24, 2.45) is 0 Å². The van der Waals surface area contributed by atoms with Gasteiger partial charge in [-0.15, -0.1) is 0 Å². The summed E-state index contributed by atoms with van der Waals surface area (Å²) in [5.74, 6) is 0.0643. The Morgan fingerprint density at radius 3 is 2.33 bits per heavy atom. The van der Waals surface area contributed by atoms with Crippen molar-refractivity contribution in [1.82, 2.24) is 9.80 Å². The maximum atomic E-state index is 12.5. The van der Waals surface area contributed by atoms with Crippen molar-refractivity contribution < 1.29 is 4.79 Å². The van der Waals surface area contributed by atoms with Crippen molar-refractivity contribution in [2.75, 3.05) is 32.7 Å². The fraction of sp³-hybridized carbons (Fsp3) is 0.562. The van der Waals surface area contributed by atoms with Gasteiger partial charge in [-0.05, 0) is 67.1 Å². The molecule has 118 valence electrons. The number of amides is 1. The molecule has 0 aliphatic rings. The highest BCUT2D eigenvalue weighted by Crippen LogP contribution is 2.23. The van der Waals surface area contributed by atoms with Gasteiger partial charge < -0.3 is 9.80 Å². The molecule has 1 aromatic carbocycles. The molecule has 0 bridgehead atoms. The van der Waals surface area contributed by atoms with Crippen LogP contribution in [0.25, 0.3) is 0 Å². The van der Waals surface area contributed by atoms with Gasteiger partial charge in [-0.3, -0.25) is 4.79 Å². The Morgan fingerprint density at radius 1 is 1.14 bits per heavy atom. The van der Waals surface area contributed by atoms with Gasteiger partial charge in [0, 0.05) is 23.1 Å². The number of halogens is 2. The van der Waals surface area contributed by atoms with Gasteiger partial charge in [0.25, 0.3) is 5.91 Å². The lowest BCUT2D eigenvalue weighted by Gasteiger charge is -2.24. The third-order valence-electron chi connectivity index (χ3n) is 3.63.